The van der Waals surface area contributed by atoms with E-state index in [2.05, 4.69) is 13.0 Å². The van der Waals surface area contributed by atoms with Gasteiger partial charge in [-0.25, -0.2) is 0 Å². The first-order valence-corrected chi connectivity index (χ1v) is 15.4. The fraction of sp³-hybridized carbons (Fsp3) is 0.686. The molecular weight excluding hydrogens is 564 g/mol. The maximum atomic E-state index is 14.6. The van der Waals surface area contributed by atoms with Gasteiger partial charge < -0.3 is 19.3 Å². The van der Waals surface area contributed by atoms with Gasteiger partial charge in [0.1, 0.15) is 23.1 Å². The molecule has 0 bridgehead atoms. The summed E-state index contributed by atoms with van der Waals surface area (Å²) in [5.41, 5.74) is -5.56. The molecule has 242 valence electrons. The monoisotopic (exact) mass is 612 g/mol. The summed E-state index contributed by atoms with van der Waals surface area (Å²) in [6, 6.07) is 0. The predicted octanol–water partition coefficient (Wildman–Crippen LogP) is 4.85. The van der Waals surface area contributed by atoms with Crippen LogP contribution in [0, 0.1) is 39.4 Å². The highest BCUT2D eigenvalue weighted by Crippen LogP contribution is 2.74. The molecule has 0 aromatic rings. The zero-order chi connectivity index (χ0) is 33.4. The van der Waals surface area contributed by atoms with Crippen LogP contribution in [0.2, 0.25) is 0 Å². The third kappa shape index (κ3) is 4.81. The van der Waals surface area contributed by atoms with Crippen molar-refractivity contribution in [2.75, 3.05) is 7.11 Å². The number of allylic oxidation sites excluding steroid dienone is 4. The van der Waals surface area contributed by atoms with E-state index in [1.807, 2.05) is 27.7 Å². The van der Waals surface area contributed by atoms with Crippen LogP contribution in [0.1, 0.15) is 88.5 Å². The fourth-order valence-corrected chi connectivity index (χ4v) is 9.40. The van der Waals surface area contributed by atoms with Crippen molar-refractivity contribution in [3.8, 4) is 0 Å². The first-order chi connectivity index (χ1) is 20.0. The Balaban J connectivity index is 1.84. The highest BCUT2D eigenvalue weighted by atomic mass is 16.6. The fourth-order valence-electron chi connectivity index (χ4n) is 9.40. The number of aliphatic hydroxyl groups is 1. The van der Waals surface area contributed by atoms with Crippen molar-refractivity contribution in [3.63, 3.8) is 0 Å². The third-order valence-electron chi connectivity index (χ3n) is 11.7. The minimum Gasteiger partial charge on any atom is -0.493 e. The second-order valence-corrected chi connectivity index (χ2v) is 15.2. The van der Waals surface area contributed by atoms with Gasteiger partial charge in [0.25, 0.3) is 0 Å². The first-order valence-electron chi connectivity index (χ1n) is 15.4. The average molecular weight is 613 g/mol. The Morgan fingerprint density at radius 1 is 1.00 bits per heavy atom. The van der Waals surface area contributed by atoms with Gasteiger partial charge in [-0.05, 0) is 82.4 Å². The van der Waals surface area contributed by atoms with E-state index < -0.39 is 62.6 Å². The number of carbonyl (C=O) groups is 5. The molecule has 8 atom stereocenters. The van der Waals surface area contributed by atoms with Gasteiger partial charge in [-0.3, -0.25) is 24.0 Å². The summed E-state index contributed by atoms with van der Waals surface area (Å²) < 4.78 is 16.6. The van der Waals surface area contributed by atoms with E-state index in [1.54, 1.807) is 19.9 Å². The van der Waals surface area contributed by atoms with E-state index in [0.29, 0.717) is 12.8 Å². The van der Waals surface area contributed by atoms with Gasteiger partial charge in [0, 0.05) is 37.5 Å². The van der Waals surface area contributed by atoms with Crippen LogP contribution >= 0.6 is 0 Å². The molecule has 0 aromatic carbocycles. The summed E-state index contributed by atoms with van der Waals surface area (Å²) in [6.07, 6.45) is 6.55. The van der Waals surface area contributed by atoms with Gasteiger partial charge in [0.15, 0.2) is 11.5 Å². The molecule has 9 nitrogen and oxygen atoms in total. The molecule has 0 heterocycles. The highest BCUT2D eigenvalue weighted by Gasteiger charge is 2.75. The van der Waals surface area contributed by atoms with E-state index >= 15 is 0 Å². The first kappa shape index (κ1) is 33.8. The van der Waals surface area contributed by atoms with Crippen molar-refractivity contribution in [3.05, 3.63) is 35.6 Å². The zero-order valence-electron chi connectivity index (χ0n) is 28.0. The molecule has 1 N–H and O–H groups in total. The second-order valence-electron chi connectivity index (χ2n) is 15.2. The Kier molecular flexibility index (Phi) is 8.07. The van der Waals surface area contributed by atoms with Crippen LogP contribution in [0.5, 0.6) is 0 Å². The van der Waals surface area contributed by atoms with Gasteiger partial charge in [-0.1, -0.05) is 32.4 Å². The number of rotatable bonds is 7. The second kappa shape index (κ2) is 10.5. The Labute approximate surface area is 260 Å². The smallest absolute Gasteiger partial charge is 0.303 e. The van der Waals surface area contributed by atoms with Crippen molar-refractivity contribution in [2.24, 2.45) is 39.4 Å². The highest BCUT2D eigenvalue weighted by molar-refractivity contribution is 6.02. The number of ether oxygens (including phenoxy) is 3. The van der Waals surface area contributed by atoms with Crippen LogP contribution in [-0.2, 0) is 38.2 Å². The maximum Gasteiger partial charge on any atom is 0.303 e. The summed E-state index contributed by atoms with van der Waals surface area (Å²) in [7, 11) is 1.46. The van der Waals surface area contributed by atoms with Gasteiger partial charge in [0.2, 0.25) is 5.78 Å². The van der Waals surface area contributed by atoms with E-state index in [1.165, 1.54) is 40.0 Å². The lowest BCUT2D eigenvalue weighted by Gasteiger charge is -2.63. The Bertz CT molecular complexity index is 1390. The molecule has 2 fully saturated rings. The molecule has 44 heavy (non-hydrogen) atoms. The molecule has 2 saturated carbocycles. The van der Waals surface area contributed by atoms with E-state index in [-0.39, 0.29) is 35.6 Å². The maximum absolute atomic E-state index is 14.6. The summed E-state index contributed by atoms with van der Waals surface area (Å²) in [5.74, 6) is -3.15. The molecule has 9 heteroatoms. The van der Waals surface area contributed by atoms with Crippen molar-refractivity contribution < 1.29 is 43.3 Å². The number of hydrogen-bond acceptors (Lipinski definition) is 9. The van der Waals surface area contributed by atoms with Crippen LogP contribution < -0.4 is 0 Å². The zero-order valence-corrected chi connectivity index (χ0v) is 28.0. The summed E-state index contributed by atoms with van der Waals surface area (Å²) >= 11 is 0. The van der Waals surface area contributed by atoms with E-state index in [0.717, 1.165) is 5.57 Å². The molecule has 0 saturated heterocycles. The topological polar surface area (TPSA) is 133 Å². The summed E-state index contributed by atoms with van der Waals surface area (Å²) in [5, 5.41) is 12.1. The SMILES string of the molecule is COC1=C[C@@H]2C(=CC[C@@H]3[C@@]2(C)C(=O)C[C@]2(C)[C@@H]([C@@](C)(O)C(=O)/C=C/C(C)(C)OC(C)=O)[C@H](OC(C)=O)C[C@@]32C)C(C)(C)C1=O. The van der Waals surface area contributed by atoms with Crippen molar-refractivity contribution >= 4 is 29.3 Å². The standard InChI is InChI=1S/C35H48O9/c1-19(36)43-24-17-32(7)25-13-12-21-22(16-23(42-11)29(40)31(21,5)6)34(25,9)27(39)18-33(32,8)28(24)35(10,41)26(38)14-15-30(3,4)44-20(2)37/h12,14-16,22,24-25,28,41H,13,17-18H2,1-11H3/b15-14+/t22-,24-,25+,28+,32+,33-,34+,35+/m1/s1. The Hall–Kier alpha value is -3.07. The van der Waals surface area contributed by atoms with Gasteiger partial charge in [0.05, 0.1) is 12.5 Å². The number of methoxy groups -OCH3 is 1. The molecule has 0 aromatic heterocycles. The Morgan fingerprint density at radius 3 is 2.16 bits per heavy atom. The van der Waals surface area contributed by atoms with Gasteiger partial charge in [-0.15, -0.1) is 0 Å². The third-order valence-corrected chi connectivity index (χ3v) is 11.7. The minimum absolute atomic E-state index is 0.0295. The van der Waals surface area contributed by atoms with Crippen LogP contribution in [-0.4, -0.2) is 58.8 Å². The van der Waals surface area contributed by atoms with Gasteiger partial charge in [-0.2, -0.15) is 0 Å². The average Bonchev–Trinajstić information content (AvgIpc) is 3.10. The predicted molar refractivity (Wildman–Crippen MR) is 162 cm³/mol. The van der Waals surface area contributed by atoms with Crippen LogP contribution in [0.4, 0.5) is 0 Å². The van der Waals surface area contributed by atoms with Gasteiger partial charge >= 0.3 is 11.9 Å². The lowest BCUT2D eigenvalue weighted by Crippen LogP contribution is -2.64. The lowest BCUT2D eigenvalue weighted by atomic mass is 9.39. The quantitative estimate of drug-likeness (QED) is 0.243. The molecule has 4 rings (SSSR count). The van der Waals surface area contributed by atoms with E-state index in [4.69, 9.17) is 14.2 Å². The molecule has 0 radical (unpaired) electrons. The van der Waals surface area contributed by atoms with Crippen molar-refractivity contribution in [1.29, 1.82) is 0 Å². The van der Waals surface area contributed by atoms with Crippen LogP contribution in [0.25, 0.3) is 0 Å². The number of Topliss-reactive ketones (excluding diaryl/α,β-unsaturated/α-hetero) is 2. The number of esters is 2. The summed E-state index contributed by atoms with van der Waals surface area (Å²) in [4.78, 5) is 65.5. The van der Waals surface area contributed by atoms with Crippen LogP contribution in [0.15, 0.2) is 35.6 Å². The summed E-state index contributed by atoms with van der Waals surface area (Å²) in [6.45, 7) is 16.9. The molecule has 4 aliphatic rings. The Morgan fingerprint density at radius 2 is 1.61 bits per heavy atom. The largest absolute Gasteiger partial charge is 0.493 e. The molecule has 4 aliphatic carbocycles. The minimum atomic E-state index is -2.03. The lowest BCUT2D eigenvalue weighted by molar-refractivity contribution is -0.181. The normalized spacial score (nSPS) is 37.5. The van der Waals surface area contributed by atoms with Crippen molar-refractivity contribution in [2.45, 2.75) is 106 Å². The molecule has 0 spiro atoms. The van der Waals surface area contributed by atoms with E-state index in [9.17, 15) is 29.1 Å². The molecule has 0 amide bonds. The number of hydrogen-bond donors (Lipinski definition) is 1. The number of fused-ring (bicyclic) bond motifs is 5. The molecule has 0 aliphatic heterocycles. The molecular formula is C35H48O9. The van der Waals surface area contributed by atoms with Crippen LogP contribution in [0.3, 0.4) is 0 Å². The number of carbonyl (C=O) groups excluding carboxylic acids is 5. The van der Waals surface area contributed by atoms with Crippen molar-refractivity contribution in [1.82, 2.24) is 0 Å². The molecule has 0 unspecified atom stereocenters. The number of ketones is 3.